The summed E-state index contributed by atoms with van der Waals surface area (Å²) in [6.07, 6.45) is 2.26. The topological polar surface area (TPSA) is 107 Å². The van der Waals surface area contributed by atoms with E-state index in [0.29, 0.717) is 35.9 Å². The van der Waals surface area contributed by atoms with Gasteiger partial charge in [-0.3, -0.25) is 9.59 Å². The number of rotatable bonds is 3. The molecule has 2 bridgehead atoms. The Morgan fingerprint density at radius 3 is 2.54 bits per heavy atom. The number of hydrogen-bond acceptors (Lipinski definition) is 7. The van der Waals surface area contributed by atoms with Gasteiger partial charge in [-0.05, 0) is 69.6 Å². The Kier molecular flexibility index (Phi) is 8.20. The SMILES string of the molecule is CC(=O)[C@@H]1[C@H](C)[C@@H]2CN1C(=O)[C@H](C(C)(C)C)NC(=O)O[C@]1(C)C[C@H]1CCCCC(F)(F)c1cc3ccc(OC4CC4)cc3nc1O2. The third-order valence-electron chi connectivity index (χ3n) is 10.1. The van der Waals surface area contributed by atoms with E-state index >= 15 is 8.78 Å². The van der Waals surface area contributed by atoms with Crippen LogP contribution in [-0.4, -0.2) is 64.1 Å². The minimum atomic E-state index is -3.25. The number of aromatic nitrogens is 1. The molecule has 1 aromatic heterocycles. The molecule has 250 valence electrons. The van der Waals surface area contributed by atoms with Crippen molar-refractivity contribution in [2.45, 2.75) is 122 Å². The standard InChI is InChI=1S/C35H45F2N3O6/c1-19-27-18-40(28(19)20(2)41)31(42)29(33(3,4)5)39-32(43)46-34(6)17-22(34)9-7-8-14-35(36,37)25-15-21-10-11-24(44-23-12-13-23)16-26(21)38-30(25)45-27/h10-11,15-16,19,22-23,27-29H,7-9,12-14,17-18H2,1-6H3,(H,39,43)/t19-,22-,27+,28+,29-,34-/m1/s1. The number of Topliss-reactive ketones (excluding diaryl/α,β-unsaturated/α-hetero) is 1. The van der Waals surface area contributed by atoms with Crippen LogP contribution in [0.15, 0.2) is 24.3 Å². The molecule has 2 saturated carbocycles. The zero-order valence-electron chi connectivity index (χ0n) is 27.5. The highest BCUT2D eigenvalue weighted by atomic mass is 19.3. The Balaban J connectivity index is 1.40. The molecule has 6 rings (SSSR count). The molecule has 0 spiro atoms. The van der Waals surface area contributed by atoms with Crippen molar-refractivity contribution in [1.82, 2.24) is 15.2 Å². The van der Waals surface area contributed by atoms with Gasteiger partial charge in [0.2, 0.25) is 11.8 Å². The summed E-state index contributed by atoms with van der Waals surface area (Å²) in [6.45, 7) is 10.5. The van der Waals surface area contributed by atoms with E-state index in [1.807, 2.05) is 27.7 Å². The molecule has 1 saturated heterocycles. The van der Waals surface area contributed by atoms with Gasteiger partial charge in [0.05, 0.1) is 29.8 Å². The van der Waals surface area contributed by atoms with Gasteiger partial charge in [-0.1, -0.05) is 34.1 Å². The van der Waals surface area contributed by atoms with Gasteiger partial charge in [0.25, 0.3) is 5.92 Å². The number of nitrogens with one attached hydrogen (secondary N) is 1. The summed E-state index contributed by atoms with van der Waals surface area (Å²) >= 11 is 0. The van der Waals surface area contributed by atoms with E-state index in [-0.39, 0.29) is 42.2 Å². The molecule has 2 aliphatic carbocycles. The normalized spacial score (nSPS) is 31.8. The van der Waals surface area contributed by atoms with Crippen molar-refractivity contribution in [1.29, 1.82) is 0 Å². The van der Waals surface area contributed by atoms with Crippen LogP contribution in [0.1, 0.15) is 92.1 Å². The fraction of sp³-hybridized carbons (Fsp3) is 0.657. The molecule has 2 amide bonds. The summed E-state index contributed by atoms with van der Waals surface area (Å²) in [4.78, 5) is 46.3. The van der Waals surface area contributed by atoms with Crippen LogP contribution in [0.3, 0.4) is 0 Å². The number of amides is 2. The number of ketones is 1. The summed E-state index contributed by atoms with van der Waals surface area (Å²) in [5.74, 6) is -4.05. The Bertz CT molecular complexity index is 1540. The van der Waals surface area contributed by atoms with E-state index in [0.717, 1.165) is 12.8 Å². The number of nitrogens with zero attached hydrogens (tertiary/aromatic N) is 2. The molecule has 2 aromatic rings. The van der Waals surface area contributed by atoms with Crippen LogP contribution >= 0.6 is 0 Å². The largest absolute Gasteiger partial charge is 0.490 e. The second kappa shape index (κ2) is 11.6. The first-order chi connectivity index (χ1) is 21.6. The molecule has 0 unspecified atom stereocenters. The van der Waals surface area contributed by atoms with Gasteiger partial charge in [-0.15, -0.1) is 0 Å². The lowest BCUT2D eigenvalue weighted by molar-refractivity contribution is -0.141. The summed E-state index contributed by atoms with van der Waals surface area (Å²) in [6, 6.07) is 4.80. The highest BCUT2D eigenvalue weighted by Crippen LogP contribution is 2.50. The van der Waals surface area contributed by atoms with Gasteiger partial charge in [-0.25, -0.2) is 18.6 Å². The van der Waals surface area contributed by atoms with E-state index in [9.17, 15) is 14.4 Å². The number of carbonyl (C=O) groups excluding carboxylic acids is 3. The maximum absolute atomic E-state index is 16.1. The zero-order chi connectivity index (χ0) is 33.2. The average molecular weight is 642 g/mol. The first kappa shape index (κ1) is 32.4. The van der Waals surface area contributed by atoms with Crippen molar-refractivity contribution in [3.05, 3.63) is 29.8 Å². The highest BCUT2D eigenvalue weighted by molar-refractivity contribution is 5.92. The highest BCUT2D eigenvalue weighted by Gasteiger charge is 2.54. The molecule has 1 N–H and O–H groups in total. The van der Waals surface area contributed by atoms with Crippen molar-refractivity contribution in [3.8, 4) is 11.6 Å². The number of carbonyl (C=O) groups is 3. The molecule has 1 aromatic carbocycles. The van der Waals surface area contributed by atoms with Crippen molar-refractivity contribution in [3.63, 3.8) is 0 Å². The fourth-order valence-corrected chi connectivity index (χ4v) is 7.01. The van der Waals surface area contributed by atoms with Crippen LogP contribution in [0.4, 0.5) is 13.6 Å². The minimum absolute atomic E-state index is 0.0388. The van der Waals surface area contributed by atoms with E-state index in [4.69, 9.17) is 14.2 Å². The predicted octanol–water partition coefficient (Wildman–Crippen LogP) is 6.54. The lowest BCUT2D eigenvalue weighted by Gasteiger charge is -2.35. The van der Waals surface area contributed by atoms with Crippen LogP contribution < -0.4 is 14.8 Å². The maximum atomic E-state index is 16.1. The molecule has 4 aliphatic rings. The van der Waals surface area contributed by atoms with Crippen molar-refractivity contribution in [2.24, 2.45) is 17.3 Å². The molecule has 3 fully saturated rings. The molecular weight excluding hydrogens is 596 g/mol. The van der Waals surface area contributed by atoms with Crippen molar-refractivity contribution in [2.75, 3.05) is 6.54 Å². The molecule has 6 atom stereocenters. The number of alkyl carbamates (subject to hydrolysis) is 1. The third-order valence-corrected chi connectivity index (χ3v) is 10.1. The van der Waals surface area contributed by atoms with Gasteiger partial charge in [-0.2, -0.15) is 0 Å². The fourth-order valence-electron chi connectivity index (χ4n) is 7.01. The van der Waals surface area contributed by atoms with E-state index in [1.165, 1.54) is 17.9 Å². The number of ether oxygens (including phenoxy) is 3. The summed E-state index contributed by atoms with van der Waals surface area (Å²) < 4.78 is 50.3. The first-order valence-corrected chi connectivity index (χ1v) is 16.5. The monoisotopic (exact) mass is 641 g/mol. The van der Waals surface area contributed by atoms with Gasteiger partial charge in [0.1, 0.15) is 23.5 Å². The number of halogens is 2. The Hall–Kier alpha value is -3.50. The van der Waals surface area contributed by atoms with E-state index < -0.39 is 59.5 Å². The zero-order valence-corrected chi connectivity index (χ0v) is 27.5. The van der Waals surface area contributed by atoms with E-state index in [1.54, 1.807) is 25.1 Å². The second-order valence-corrected chi connectivity index (χ2v) is 15.1. The molecule has 3 heterocycles. The smallest absolute Gasteiger partial charge is 0.408 e. The van der Waals surface area contributed by atoms with Gasteiger partial charge < -0.3 is 24.4 Å². The molecule has 11 heteroatoms. The van der Waals surface area contributed by atoms with Gasteiger partial charge >= 0.3 is 6.09 Å². The summed E-state index contributed by atoms with van der Waals surface area (Å²) in [5, 5.41) is 3.33. The third kappa shape index (κ3) is 6.51. The molecule has 0 radical (unpaired) electrons. The molecule has 2 aliphatic heterocycles. The molecule has 46 heavy (non-hydrogen) atoms. The Labute approximate surface area is 268 Å². The quantitative estimate of drug-likeness (QED) is 0.405. The number of alkyl halides is 2. The van der Waals surface area contributed by atoms with Crippen LogP contribution in [0, 0.1) is 17.3 Å². The number of fused-ring (bicyclic) bond motifs is 5. The number of hydrogen-bond donors (Lipinski definition) is 1. The van der Waals surface area contributed by atoms with Crippen molar-refractivity contribution < 1.29 is 37.4 Å². The summed E-state index contributed by atoms with van der Waals surface area (Å²) in [7, 11) is 0. The average Bonchev–Trinajstić information content (AvgIpc) is 3.86. The molecule has 9 nitrogen and oxygen atoms in total. The van der Waals surface area contributed by atoms with Gasteiger partial charge in [0, 0.05) is 29.7 Å². The van der Waals surface area contributed by atoms with Crippen LogP contribution in [-0.2, 0) is 20.2 Å². The van der Waals surface area contributed by atoms with E-state index in [2.05, 4.69) is 10.3 Å². The van der Waals surface area contributed by atoms with Gasteiger partial charge in [0.15, 0.2) is 5.78 Å². The van der Waals surface area contributed by atoms with Crippen LogP contribution in [0.5, 0.6) is 11.6 Å². The van der Waals surface area contributed by atoms with Crippen molar-refractivity contribution >= 4 is 28.7 Å². The number of pyridine rings is 1. The predicted molar refractivity (Wildman–Crippen MR) is 167 cm³/mol. The van der Waals surface area contributed by atoms with Crippen LogP contribution in [0.2, 0.25) is 0 Å². The first-order valence-electron chi connectivity index (χ1n) is 16.5. The minimum Gasteiger partial charge on any atom is -0.490 e. The maximum Gasteiger partial charge on any atom is 0.408 e. The lowest BCUT2D eigenvalue weighted by atomic mass is 9.85. The Morgan fingerprint density at radius 2 is 1.87 bits per heavy atom. The Morgan fingerprint density at radius 1 is 1.13 bits per heavy atom. The second-order valence-electron chi connectivity index (χ2n) is 15.1. The van der Waals surface area contributed by atoms with Crippen LogP contribution in [0.25, 0.3) is 10.9 Å². The number of benzene rings is 1. The molecular formula is C35H45F2N3O6. The lowest BCUT2D eigenvalue weighted by Crippen LogP contribution is -2.57. The summed E-state index contributed by atoms with van der Waals surface area (Å²) in [5.41, 5.74) is -1.29.